The minimum Gasteiger partial charge on any atom is -0.449 e. The van der Waals surface area contributed by atoms with E-state index in [4.69, 9.17) is 4.74 Å². The molecule has 2 aliphatic heterocycles. The van der Waals surface area contributed by atoms with Crippen molar-refractivity contribution in [3.63, 3.8) is 0 Å². The Kier molecular flexibility index (Phi) is 7.06. The Morgan fingerprint density at radius 3 is 2.72 bits per heavy atom. The molecule has 39 heavy (non-hydrogen) atoms. The third-order valence-corrected chi connectivity index (χ3v) is 8.90. The number of hydrogen-bond donors (Lipinski definition) is 2. The third kappa shape index (κ3) is 4.91. The number of piperidine rings is 2. The summed E-state index contributed by atoms with van der Waals surface area (Å²) in [6.45, 7) is 12.9. The fourth-order valence-electron chi connectivity index (χ4n) is 6.49. The molecule has 0 aliphatic carbocycles. The molecule has 2 saturated heterocycles. The van der Waals surface area contributed by atoms with Crippen LogP contribution in [0.25, 0.3) is 27.8 Å². The van der Waals surface area contributed by atoms with Crippen LogP contribution >= 0.6 is 0 Å². The average molecular weight is 529 g/mol. The van der Waals surface area contributed by atoms with Crippen LogP contribution < -0.4 is 5.32 Å². The summed E-state index contributed by atoms with van der Waals surface area (Å²) in [4.78, 5) is 22.8. The molecule has 2 N–H and O–H groups in total. The maximum absolute atomic E-state index is 12.7. The van der Waals surface area contributed by atoms with Crippen molar-refractivity contribution >= 4 is 22.6 Å². The van der Waals surface area contributed by atoms with Crippen LogP contribution in [0.2, 0.25) is 0 Å². The van der Waals surface area contributed by atoms with E-state index in [1.807, 2.05) is 9.42 Å². The van der Waals surface area contributed by atoms with E-state index < -0.39 is 0 Å². The predicted octanol–water partition coefficient (Wildman–Crippen LogP) is 5.93. The van der Waals surface area contributed by atoms with E-state index in [0.717, 1.165) is 68.6 Å². The fraction of sp³-hybridized carbons (Fsp3) is 0.516. The van der Waals surface area contributed by atoms with Gasteiger partial charge < -0.3 is 19.9 Å². The highest BCUT2D eigenvalue weighted by Gasteiger charge is 2.27. The molecular weight excluding hydrogens is 488 g/mol. The van der Waals surface area contributed by atoms with Gasteiger partial charge in [-0.3, -0.25) is 0 Å². The van der Waals surface area contributed by atoms with Gasteiger partial charge in [-0.1, -0.05) is 19.9 Å². The molecule has 0 saturated carbocycles. The first-order chi connectivity index (χ1) is 18.9. The molecule has 8 heteroatoms. The largest absolute Gasteiger partial charge is 0.449 e. The Morgan fingerprint density at radius 2 is 1.97 bits per heavy atom. The number of H-pyrrole nitrogens is 1. The molecule has 206 valence electrons. The van der Waals surface area contributed by atoms with Crippen LogP contribution in [0.1, 0.15) is 73.6 Å². The number of hydrogen-bond acceptors (Lipinski definition) is 5. The lowest BCUT2D eigenvalue weighted by molar-refractivity contribution is 0.0752. The van der Waals surface area contributed by atoms with Crippen LogP contribution in [0.5, 0.6) is 0 Å². The number of ether oxygens (including phenoxy) is 1. The highest BCUT2D eigenvalue weighted by atomic mass is 16.6. The first-order valence-corrected chi connectivity index (χ1v) is 14.5. The molecule has 2 fully saturated rings. The number of benzene rings is 1. The number of aromatic nitrogens is 4. The number of amides is 1. The second-order valence-corrected chi connectivity index (χ2v) is 11.7. The summed E-state index contributed by atoms with van der Waals surface area (Å²) in [6.07, 6.45) is 7.78. The molecule has 1 amide bonds. The van der Waals surface area contributed by atoms with Gasteiger partial charge in [-0.2, -0.15) is 5.10 Å². The second kappa shape index (κ2) is 10.6. The quantitative estimate of drug-likeness (QED) is 0.335. The van der Waals surface area contributed by atoms with E-state index in [9.17, 15) is 4.79 Å². The zero-order valence-electron chi connectivity index (χ0n) is 23.6. The van der Waals surface area contributed by atoms with Gasteiger partial charge in [-0.05, 0) is 92.3 Å². The van der Waals surface area contributed by atoms with Crippen LogP contribution in [0.3, 0.4) is 0 Å². The Balaban J connectivity index is 1.21. The molecule has 0 spiro atoms. The number of carbonyl (C=O) groups is 1. The molecule has 3 aromatic heterocycles. The molecule has 8 nitrogen and oxygen atoms in total. The van der Waals surface area contributed by atoms with E-state index in [0.29, 0.717) is 24.4 Å². The fourth-order valence-corrected chi connectivity index (χ4v) is 6.49. The number of rotatable bonds is 5. The van der Waals surface area contributed by atoms with E-state index >= 15 is 0 Å². The smallest absolute Gasteiger partial charge is 0.409 e. The summed E-state index contributed by atoms with van der Waals surface area (Å²) in [5.74, 6) is 1.24. The molecular formula is C31H40N6O2. The van der Waals surface area contributed by atoms with Crippen LogP contribution in [-0.4, -0.2) is 63.4 Å². The van der Waals surface area contributed by atoms with Gasteiger partial charge in [0.2, 0.25) is 0 Å². The lowest BCUT2D eigenvalue weighted by Gasteiger charge is -2.32. The molecule has 2 aliphatic rings. The van der Waals surface area contributed by atoms with E-state index in [1.165, 1.54) is 33.3 Å². The molecule has 1 unspecified atom stereocenters. The van der Waals surface area contributed by atoms with Crippen molar-refractivity contribution in [2.75, 3.05) is 32.8 Å². The first-order valence-electron chi connectivity index (χ1n) is 14.5. The Hall–Kier alpha value is -3.39. The molecule has 4 aromatic rings. The number of likely N-dealkylation sites (tertiary alicyclic amines) is 1. The first kappa shape index (κ1) is 25.9. The number of carbonyl (C=O) groups excluding carboxylic acids is 1. The minimum atomic E-state index is -0.151. The Morgan fingerprint density at radius 1 is 1.15 bits per heavy atom. The number of pyridine rings is 1. The summed E-state index contributed by atoms with van der Waals surface area (Å²) in [5, 5.41) is 9.10. The molecule has 1 aromatic carbocycles. The van der Waals surface area contributed by atoms with E-state index in [1.54, 1.807) is 6.33 Å². The van der Waals surface area contributed by atoms with Crippen LogP contribution in [0.15, 0.2) is 30.7 Å². The maximum atomic E-state index is 12.7. The SMILES string of the molecule is Cc1c(-c2[nH]c3ccc(C4CCN(C(=O)OCC5CCCNC5)CC4)cc3c2C(C)C)cn2ncnc2c1C. The number of nitrogens with zero attached hydrogens (tertiary/aromatic N) is 4. The third-order valence-electron chi connectivity index (χ3n) is 8.90. The predicted molar refractivity (Wildman–Crippen MR) is 154 cm³/mol. The Bertz CT molecular complexity index is 1490. The summed E-state index contributed by atoms with van der Waals surface area (Å²) in [5.41, 5.74) is 9.47. The van der Waals surface area contributed by atoms with Gasteiger partial charge in [0.15, 0.2) is 5.65 Å². The normalized spacial score (nSPS) is 18.9. The summed E-state index contributed by atoms with van der Waals surface area (Å²) in [7, 11) is 0. The van der Waals surface area contributed by atoms with Gasteiger partial charge in [-0.25, -0.2) is 14.3 Å². The zero-order valence-corrected chi connectivity index (χ0v) is 23.6. The number of nitrogens with one attached hydrogen (secondary N) is 2. The molecule has 0 radical (unpaired) electrons. The van der Waals surface area contributed by atoms with Crippen LogP contribution in [-0.2, 0) is 4.74 Å². The summed E-state index contributed by atoms with van der Waals surface area (Å²) < 4.78 is 7.56. The maximum Gasteiger partial charge on any atom is 0.409 e. The van der Waals surface area contributed by atoms with Crippen molar-refractivity contribution in [2.45, 2.75) is 65.2 Å². The number of fused-ring (bicyclic) bond motifs is 2. The van der Waals surface area contributed by atoms with Crippen molar-refractivity contribution in [3.8, 4) is 11.3 Å². The Labute approximate surface area is 230 Å². The van der Waals surface area contributed by atoms with Crippen molar-refractivity contribution in [1.82, 2.24) is 29.8 Å². The van der Waals surface area contributed by atoms with Gasteiger partial charge in [-0.15, -0.1) is 0 Å². The molecule has 5 heterocycles. The standard InChI is InChI=1S/C31H40N6O2/c1-19(2)28-25-14-24(23-9-12-36(13-10-23)31(38)39-17-22-6-5-11-32-15-22)7-8-27(25)35-29(28)26-16-37-30(33-18-34-37)21(4)20(26)3/h7-8,14,16,18-19,22-23,32,35H,5-6,9-13,15,17H2,1-4H3. The van der Waals surface area contributed by atoms with Gasteiger partial charge in [0.25, 0.3) is 0 Å². The monoisotopic (exact) mass is 528 g/mol. The van der Waals surface area contributed by atoms with Crippen LogP contribution in [0, 0.1) is 19.8 Å². The highest BCUT2D eigenvalue weighted by Crippen LogP contribution is 2.40. The van der Waals surface area contributed by atoms with Gasteiger partial charge in [0.1, 0.15) is 6.33 Å². The van der Waals surface area contributed by atoms with Crippen molar-refractivity contribution < 1.29 is 9.53 Å². The van der Waals surface area contributed by atoms with Crippen molar-refractivity contribution in [3.05, 3.63) is 53.0 Å². The van der Waals surface area contributed by atoms with Crippen LogP contribution in [0.4, 0.5) is 4.79 Å². The van der Waals surface area contributed by atoms with Gasteiger partial charge >= 0.3 is 6.09 Å². The molecule has 6 rings (SSSR count). The van der Waals surface area contributed by atoms with Crippen molar-refractivity contribution in [2.24, 2.45) is 5.92 Å². The van der Waals surface area contributed by atoms with Gasteiger partial charge in [0, 0.05) is 48.2 Å². The average Bonchev–Trinajstić information content (AvgIpc) is 3.59. The van der Waals surface area contributed by atoms with Crippen molar-refractivity contribution in [1.29, 1.82) is 0 Å². The minimum absolute atomic E-state index is 0.151. The lowest BCUT2D eigenvalue weighted by atomic mass is 9.87. The second-order valence-electron chi connectivity index (χ2n) is 11.7. The summed E-state index contributed by atoms with van der Waals surface area (Å²) in [6, 6.07) is 6.88. The molecule has 1 atom stereocenters. The topological polar surface area (TPSA) is 87.5 Å². The van der Waals surface area contributed by atoms with Gasteiger partial charge in [0.05, 0.1) is 12.3 Å². The lowest BCUT2D eigenvalue weighted by Crippen LogP contribution is -2.40. The van der Waals surface area contributed by atoms with E-state index in [2.05, 4.69) is 72.5 Å². The highest BCUT2D eigenvalue weighted by molar-refractivity contribution is 5.92. The van der Waals surface area contributed by atoms with E-state index in [-0.39, 0.29) is 6.09 Å². The number of aryl methyl sites for hydroxylation is 1. The number of aromatic amines is 1. The summed E-state index contributed by atoms with van der Waals surface area (Å²) >= 11 is 0. The molecule has 0 bridgehead atoms. The zero-order chi connectivity index (χ0) is 27.1.